The lowest BCUT2D eigenvalue weighted by molar-refractivity contribution is -0.121. The number of carbonyl (C=O) groups excluding carboxylic acids is 1. The first-order chi connectivity index (χ1) is 8.33. The SMILES string of the molecule is NCCCCCC(=O)NCCc1ccccc1. The quantitative estimate of drug-likeness (QED) is 0.675. The van der Waals surface area contributed by atoms with E-state index < -0.39 is 0 Å². The van der Waals surface area contributed by atoms with E-state index in [4.69, 9.17) is 5.73 Å². The molecule has 0 heterocycles. The van der Waals surface area contributed by atoms with Gasteiger partial charge in [-0.05, 0) is 31.4 Å². The summed E-state index contributed by atoms with van der Waals surface area (Å²) in [7, 11) is 0. The highest BCUT2D eigenvalue weighted by Crippen LogP contribution is 2.00. The van der Waals surface area contributed by atoms with E-state index in [-0.39, 0.29) is 5.91 Å². The molecule has 3 nitrogen and oxygen atoms in total. The molecule has 1 aromatic rings. The molecule has 3 N–H and O–H groups in total. The van der Waals surface area contributed by atoms with E-state index in [2.05, 4.69) is 17.4 Å². The minimum absolute atomic E-state index is 0.151. The molecule has 0 fully saturated rings. The molecular formula is C14H22N2O. The average Bonchev–Trinajstić information content (AvgIpc) is 2.36. The largest absolute Gasteiger partial charge is 0.356 e. The molecule has 1 rings (SSSR count). The molecule has 0 bridgehead atoms. The highest BCUT2D eigenvalue weighted by molar-refractivity contribution is 5.75. The Morgan fingerprint density at radius 1 is 1.12 bits per heavy atom. The van der Waals surface area contributed by atoms with Gasteiger partial charge < -0.3 is 11.1 Å². The van der Waals surface area contributed by atoms with Crippen LogP contribution in [0.4, 0.5) is 0 Å². The highest BCUT2D eigenvalue weighted by Gasteiger charge is 2.00. The fourth-order valence-corrected chi connectivity index (χ4v) is 1.69. The maximum atomic E-state index is 11.5. The van der Waals surface area contributed by atoms with Crippen molar-refractivity contribution in [3.8, 4) is 0 Å². The molecule has 0 aliphatic heterocycles. The Kier molecular flexibility index (Phi) is 7.07. The van der Waals surface area contributed by atoms with Gasteiger partial charge in [-0.25, -0.2) is 0 Å². The van der Waals surface area contributed by atoms with Gasteiger partial charge in [-0.1, -0.05) is 36.8 Å². The second kappa shape index (κ2) is 8.76. The van der Waals surface area contributed by atoms with Gasteiger partial charge in [0.25, 0.3) is 0 Å². The van der Waals surface area contributed by atoms with Gasteiger partial charge in [0.2, 0.25) is 5.91 Å². The molecule has 0 saturated heterocycles. The Hall–Kier alpha value is -1.35. The molecule has 1 aromatic carbocycles. The Balaban J connectivity index is 2.04. The highest BCUT2D eigenvalue weighted by atomic mass is 16.1. The summed E-state index contributed by atoms with van der Waals surface area (Å²) in [6, 6.07) is 10.2. The predicted molar refractivity (Wildman–Crippen MR) is 70.7 cm³/mol. The third-order valence-corrected chi connectivity index (χ3v) is 2.69. The predicted octanol–water partition coefficient (Wildman–Crippen LogP) is 1.86. The van der Waals surface area contributed by atoms with Crippen LogP contribution in [0.3, 0.4) is 0 Å². The van der Waals surface area contributed by atoms with Crippen LogP contribution in [-0.2, 0) is 11.2 Å². The van der Waals surface area contributed by atoms with E-state index in [1.165, 1.54) is 5.56 Å². The number of carbonyl (C=O) groups is 1. The first-order valence-electron chi connectivity index (χ1n) is 6.33. The summed E-state index contributed by atoms with van der Waals surface area (Å²) < 4.78 is 0. The van der Waals surface area contributed by atoms with Crippen LogP contribution in [-0.4, -0.2) is 19.0 Å². The van der Waals surface area contributed by atoms with Gasteiger partial charge in [0, 0.05) is 13.0 Å². The van der Waals surface area contributed by atoms with Gasteiger partial charge in [-0.3, -0.25) is 4.79 Å². The molecule has 0 saturated carbocycles. The van der Waals surface area contributed by atoms with Crippen LogP contribution >= 0.6 is 0 Å². The van der Waals surface area contributed by atoms with Gasteiger partial charge in [0.05, 0.1) is 0 Å². The smallest absolute Gasteiger partial charge is 0.220 e. The Bertz CT molecular complexity index is 311. The van der Waals surface area contributed by atoms with Crippen molar-refractivity contribution in [2.24, 2.45) is 5.73 Å². The second-order valence-electron chi connectivity index (χ2n) is 4.18. The van der Waals surface area contributed by atoms with Crippen LogP contribution in [0.25, 0.3) is 0 Å². The lowest BCUT2D eigenvalue weighted by atomic mass is 10.1. The summed E-state index contributed by atoms with van der Waals surface area (Å²) in [5.74, 6) is 0.151. The van der Waals surface area contributed by atoms with Crippen molar-refractivity contribution in [3.05, 3.63) is 35.9 Å². The van der Waals surface area contributed by atoms with Crippen molar-refractivity contribution >= 4 is 5.91 Å². The molecular weight excluding hydrogens is 212 g/mol. The maximum absolute atomic E-state index is 11.5. The van der Waals surface area contributed by atoms with Crippen LogP contribution in [0.15, 0.2) is 30.3 Å². The Morgan fingerprint density at radius 3 is 2.59 bits per heavy atom. The molecule has 3 heteroatoms. The molecule has 0 unspecified atom stereocenters. The zero-order valence-electron chi connectivity index (χ0n) is 10.3. The second-order valence-corrected chi connectivity index (χ2v) is 4.18. The van der Waals surface area contributed by atoms with Crippen molar-refractivity contribution in [2.75, 3.05) is 13.1 Å². The number of hydrogen-bond donors (Lipinski definition) is 2. The number of benzene rings is 1. The summed E-state index contributed by atoms with van der Waals surface area (Å²) in [6.45, 7) is 1.44. The molecule has 0 atom stereocenters. The van der Waals surface area contributed by atoms with Crippen LogP contribution in [0.1, 0.15) is 31.2 Å². The summed E-state index contributed by atoms with van der Waals surface area (Å²) >= 11 is 0. The first-order valence-corrected chi connectivity index (χ1v) is 6.33. The number of nitrogens with two attached hydrogens (primary N) is 1. The number of rotatable bonds is 8. The fraction of sp³-hybridized carbons (Fsp3) is 0.500. The number of amides is 1. The van der Waals surface area contributed by atoms with E-state index in [9.17, 15) is 4.79 Å². The van der Waals surface area contributed by atoms with Gasteiger partial charge in [-0.2, -0.15) is 0 Å². The number of nitrogens with one attached hydrogen (secondary N) is 1. The zero-order chi connectivity index (χ0) is 12.3. The van der Waals surface area contributed by atoms with E-state index >= 15 is 0 Å². The van der Waals surface area contributed by atoms with Crippen LogP contribution in [0, 0.1) is 0 Å². The molecule has 0 aliphatic rings. The fourth-order valence-electron chi connectivity index (χ4n) is 1.69. The molecule has 0 spiro atoms. The summed E-state index contributed by atoms with van der Waals surface area (Å²) in [5.41, 5.74) is 6.65. The maximum Gasteiger partial charge on any atom is 0.220 e. The van der Waals surface area contributed by atoms with E-state index in [1.54, 1.807) is 0 Å². The molecule has 0 aromatic heterocycles. The topological polar surface area (TPSA) is 55.1 Å². The normalized spacial score (nSPS) is 10.2. The first kappa shape index (κ1) is 13.7. The minimum atomic E-state index is 0.151. The molecule has 94 valence electrons. The van der Waals surface area contributed by atoms with Crippen LogP contribution in [0.2, 0.25) is 0 Å². The third-order valence-electron chi connectivity index (χ3n) is 2.69. The van der Waals surface area contributed by atoms with Crippen molar-refractivity contribution in [1.29, 1.82) is 0 Å². The minimum Gasteiger partial charge on any atom is -0.356 e. The van der Waals surface area contributed by atoms with E-state index in [0.717, 1.165) is 38.8 Å². The van der Waals surface area contributed by atoms with Gasteiger partial charge in [-0.15, -0.1) is 0 Å². The zero-order valence-corrected chi connectivity index (χ0v) is 10.3. The lowest BCUT2D eigenvalue weighted by Crippen LogP contribution is -2.25. The molecule has 17 heavy (non-hydrogen) atoms. The van der Waals surface area contributed by atoms with E-state index in [0.29, 0.717) is 6.42 Å². The number of unbranched alkanes of at least 4 members (excludes halogenated alkanes) is 2. The summed E-state index contributed by atoms with van der Waals surface area (Å²) in [6.07, 6.45) is 4.51. The van der Waals surface area contributed by atoms with Gasteiger partial charge in [0.15, 0.2) is 0 Å². The number of hydrogen-bond acceptors (Lipinski definition) is 2. The van der Waals surface area contributed by atoms with Crippen LogP contribution < -0.4 is 11.1 Å². The van der Waals surface area contributed by atoms with Crippen molar-refractivity contribution in [3.63, 3.8) is 0 Å². The van der Waals surface area contributed by atoms with E-state index in [1.807, 2.05) is 18.2 Å². The van der Waals surface area contributed by atoms with Crippen LogP contribution in [0.5, 0.6) is 0 Å². The summed E-state index contributed by atoms with van der Waals surface area (Å²) in [4.78, 5) is 11.5. The van der Waals surface area contributed by atoms with Crippen molar-refractivity contribution < 1.29 is 4.79 Å². The molecule has 0 radical (unpaired) electrons. The van der Waals surface area contributed by atoms with Gasteiger partial charge >= 0.3 is 0 Å². The lowest BCUT2D eigenvalue weighted by Gasteiger charge is -2.05. The third kappa shape index (κ3) is 6.74. The standard InChI is InChI=1S/C14H22N2O/c15-11-6-2-5-9-14(17)16-12-10-13-7-3-1-4-8-13/h1,3-4,7-8H,2,5-6,9-12,15H2,(H,16,17). The Labute approximate surface area is 103 Å². The monoisotopic (exact) mass is 234 g/mol. The Morgan fingerprint density at radius 2 is 1.88 bits per heavy atom. The van der Waals surface area contributed by atoms with Crippen molar-refractivity contribution in [1.82, 2.24) is 5.32 Å². The molecule has 0 aliphatic carbocycles. The van der Waals surface area contributed by atoms with Gasteiger partial charge in [0.1, 0.15) is 0 Å². The molecule has 1 amide bonds. The van der Waals surface area contributed by atoms with Crippen molar-refractivity contribution in [2.45, 2.75) is 32.1 Å². The summed E-state index contributed by atoms with van der Waals surface area (Å²) in [5, 5.41) is 2.94. The average molecular weight is 234 g/mol.